The zero-order chi connectivity index (χ0) is 19.3. The molecular weight excluding hydrogens is 372 g/mol. The molecule has 3 aromatic rings. The Morgan fingerprint density at radius 1 is 1.18 bits per heavy atom. The van der Waals surface area contributed by atoms with Gasteiger partial charge in [-0.25, -0.2) is 0 Å². The number of likely N-dealkylation sites (tertiary alicyclic amines) is 2. The van der Waals surface area contributed by atoms with Crippen molar-refractivity contribution in [1.82, 2.24) is 19.9 Å². The molecule has 2 fully saturated rings. The highest BCUT2D eigenvalue weighted by Gasteiger charge is 2.53. The van der Waals surface area contributed by atoms with Crippen molar-refractivity contribution < 1.29 is 9.32 Å². The van der Waals surface area contributed by atoms with E-state index in [4.69, 9.17) is 4.52 Å². The second-order valence-corrected chi connectivity index (χ2v) is 9.32. The third-order valence-electron chi connectivity index (χ3n) is 5.79. The van der Waals surface area contributed by atoms with Crippen molar-refractivity contribution in [3.05, 3.63) is 58.0 Å². The van der Waals surface area contributed by atoms with E-state index in [0.717, 1.165) is 42.3 Å². The zero-order valence-electron chi connectivity index (χ0n) is 16.0. The fourth-order valence-corrected chi connectivity index (χ4v) is 5.30. The molecule has 0 N–H and O–H groups in total. The van der Waals surface area contributed by atoms with Crippen LogP contribution >= 0.6 is 11.3 Å². The minimum atomic E-state index is 0.127. The monoisotopic (exact) mass is 394 g/mol. The maximum Gasteiger partial charge on any atom is 0.263 e. The van der Waals surface area contributed by atoms with Crippen molar-refractivity contribution in [2.45, 2.75) is 19.4 Å². The van der Waals surface area contributed by atoms with Crippen LogP contribution in [-0.2, 0) is 0 Å². The Morgan fingerprint density at radius 3 is 2.68 bits per heavy atom. The van der Waals surface area contributed by atoms with Gasteiger partial charge in [0, 0.05) is 35.5 Å². The van der Waals surface area contributed by atoms with E-state index in [-0.39, 0.29) is 17.4 Å². The van der Waals surface area contributed by atoms with Crippen molar-refractivity contribution >= 4 is 17.2 Å². The van der Waals surface area contributed by atoms with Crippen LogP contribution in [-0.4, -0.2) is 52.5 Å². The molecule has 1 aromatic carbocycles. The van der Waals surface area contributed by atoms with Crippen LogP contribution in [0.4, 0.5) is 0 Å². The molecule has 1 amide bonds. The number of rotatable bonds is 3. The summed E-state index contributed by atoms with van der Waals surface area (Å²) in [6, 6.07) is 13.9. The number of hydrogen-bond donors (Lipinski definition) is 0. The topological polar surface area (TPSA) is 62.5 Å². The molecule has 2 aromatic heterocycles. The maximum atomic E-state index is 12.7. The number of aryl methyl sites for hydroxylation is 1. The zero-order valence-corrected chi connectivity index (χ0v) is 16.8. The van der Waals surface area contributed by atoms with Gasteiger partial charge in [0.1, 0.15) is 0 Å². The largest absolute Gasteiger partial charge is 0.337 e. The molecule has 0 radical (unpaired) electrons. The van der Waals surface area contributed by atoms with Crippen LogP contribution in [0.15, 0.2) is 47.0 Å². The quantitative estimate of drug-likeness (QED) is 0.679. The smallest absolute Gasteiger partial charge is 0.263 e. The van der Waals surface area contributed by atoms with Crippen LogP contribution in [0.5, 0.6) is 0 Å². The average molecular weight is 395 g/mol. The summed E-state index contributed by atoms with van der Waals surface area (Å²) in [4.78, 5) is 23.6. The minimum absolute atomic E-state index is 0.127. The molecular formula is C21H22N4O2S. The summed E-state index contributed by atoms with van der Waals surface area (Å²) in [6.07, 6.45) is 0.949. The van der Waals surface area contributed by atoms with Crippen LogP contribution in [0.1, 0.15) is 32.8 Å². The van der Waals surface area contributed by atoms with Crippen molar-refractivity contribution in [2.75, 3.05) is 26.7 Å². The number of amides is 1. The van der Waals surface area contributed by atoms with Gasteiger partial charge in [0.05, 0.1) is 10.9 Å². The molecule has 5 rings (SSSR count). The highest BCUT2D eigenvalue weighted by Crippen LogP contribution is 2.47. The summed E-state index contributed by atoms with van der Waals surface area (Å²) in [5.74, 6) is 1.45. The summed E-state index contributed by atoms with van der Waals surface area (Å²) in [5.41, 5.74) is 1.07. The van der Waals surface area contributed by atoms with E-state index in [9.17, 15) is 4.79 Å². The number of nitrogens with zero attached hydrogens (tertiary/aromatic N) is 4. The molecule has 1 atom stereocenters. The molecule has 6 nitrogen and oxygen atoms in total. The Hall–Kier alpha value is -2.51. The second-order valence-electron chi connectivity index (χ2n) is 8.03. The van der Waals surface area contributed by atoms with E-state index in [0.29, 0.717) is 5.89 Å². The molecule has 1 spiro atoms. The number of aromatic nitrogens is 2. The second kappa shape index (κ2) is 6.53. The van der Waals surface area contributed by atoms with Gasteiger partial charge in [0.15, 0.2) is 5.82 Å². The Labute approximate surface area is 167 Å². The normalized spacial score (nSPS) is 21.2. The Kier molecular flexibility index (Phi) is 4.10. The summed E-state index contributed by atoms with van der Waals surface area (Å²) in [5, 5.41) is 4.25. The number of hydrogen-bond acceptors (Lipinski definition) is 6. The van der Waals surface area contributed by atoms with E-state index in [1.165, 1.54) is 4.88 Å². The lowest BCUT2D eigenvalue weighted by molar-refractivity contribution is 0.0119. The molecule has 4 heterocycles. The van der Waals surface area contributed by atoms with Gasteiger partial charge in [0.2, 0.25) is 0 Å². The lowest BCUT2D eigenvalue weighted by Crippen LogP contribution is -2.59. The van der Waals surface area contributed by atoms with Crippen molar-refractivity contribution in [3.63, 3.8) is 0 Å². The predicted molar refractivity (Wildman–Crippen MR) is 107 cm³/mol. The van der Waals surface area contributed by atoms with Gasteiger partial charge < -0.3 is 9.42 Å². The van der Waals surface area contributed by atoms with Gasteiger partial charge in [-0.15, -0.1) is 11.3 Å². The highest BCUT2D eigenvalue weighted by atomic mass is 32.1. The van der Waals surface area contributed by atoms with E-state index in [2.05, 4.69) is 22.1 Å². The molecule has 0 aliphatic carbocycles. The van der Waals surface area contributed by atoms with Gasteiger partial charge in [-0.05, 0) is 44.7 Å². The molecule has 7 heteroatoms. The molecule has 0 saturated carbocycles. The molecule has 0 bridgehead atoms. The number of carbonyl (C=O) groups excluding carboxylic acids is 1. The van der Waals surface area contributed by atoms with Crippen LogP contribution in [0.2, 0.25) is 0 Å². The fourth-order valence-electron chi connectivity index (χ4n) is 4.47. The first-order valence-electron chi connectivity index (χ1n) is 9.48. The standard InChI is InChI=1S/C21H22N4O2S/c1-14-8-9-17(28-14)20(26)25-12-21(13-25)10-16(24(2)11-21)18-22-19(27-23-18)15-6-4-3-5-7-15/h3-9,16H,10-13H2,1-2H3. The lowest BCUT2D eigenvalue weighted by Gasteiger charge is -2.47. The maximum absolute atomic E-state index is 12.7. The van der Waals surface area contributed by atoms with Crippen LogP contribution in [0.3, 0.4) is 0 Å². The minimum Gasteiger partial charge on any atom is -0.337 e. The van der Waals surface area contributed by atoms with Gasteiger partial charge in [-0.3, -0.25) is 9.69 Å². The first kappa shape index (κ1) is 17.6. The van der Waals surface area contributed by atoms with Crippen molar-refractivity contribution in [1.29, 1.82) is 0 Å². The van der Waals surface area contributed by atoms with Crippen LogP contribution in [0.25, 0.3) is 11.5 Å². The van der Waals surface area contributed by atoms with Gasteiger partial charge in [0.25, 0.3) is 11.8 Å². The third-order valence-corrected chi connectivity index (χ3v) is 6.78. The van der Waals surface area contributed by atoms with Crippen LogP contribution < -0.4 is 0 Å². The van der Waals surface area contributed by atoms with E-state index < -0.39 is 0 Å². The first-order chi connectivity index (χ1) is 13.5. The number of benzene rings is 1. The van der Waals surface area contributed by atoms with Gasteiger partial charge in [-0.1, -0.05) is 23.4 Å². The van der Waals surface area contributed by atoms with Gasteiger partial charge in [-0.2, -0.15) is 4.98 Å². The Bertz CT molecular complexity index is 1010. The molecule has 144 valence electrons. The average Bonchev–Trinajstić information content (AvgIpc) is 3.39. The highest BCUT2D eigenvalue weighted by molar-refractivity contribution is 7.13. The molecule has 2 aliphatic rings. The molecule has 2 saturated heterocycles. The van der Waals surface area contributed by atoms with E-state index in [1.807, 2.05) is 54.3 Å². The Balaban J connectivity index is 1.28. The summed E-state index contributed by atoms with van der Waals surface area (Å²) in [6.45, 7) is 4.57. The van der Waals surface area contributed by atoms with Crippen molar-refractivity contribution in [3.8, 4) is 11.5 Å². The summed E-state index contributed by atoms with van der Waals surface area (Å²) < 4.78 is 5.50. The number of thiophene rings is 1. The Morgan fingerprint density at radius 2 is 1.96 bits per heavy atom. The van der Waals surface area contributed by atoms with E-state index >= 15 is 0 Å². The molecule has 28 heavy (non-hydrogen) atoms. The SMILES string of the molecule is Cc1ccc(C(=O)N2CC3(CC(c4noc(-c5ccccc5)n4)N(C)C3)C2)s1. The molecule has 2 aliphatic heterocycles. The first-order valence-corrected chi connectivity index (χ1v) is 10.3. The predicted octanol–water partition coefficient (Wildman–Crippen LogP) is 3.63. The third kappa shape index (κ3) is 2.95. The lowest BCUT2D eigenvalue weighted by atomic mass is 9.77. The van der Waals surface area contributed by atoms with E-state index in [1.54, 1.807) is 11.3 Å². The fraction of sp³-hybridized carbons (Fsp3) is 0.381. The molecule has 1 unspecified atom stereocenters. The number of carbonyl (C=O) groups is 1. The van der Waals surface area contributed by atoms with Crippen molar-refractivity contribution in [2.24, 2.45) is 5.41 Å². The van der Waals surface area contributed by atoms with Gasteiger partial charge >= 0.3 is 0 Å². The summed E-state index contributed by atoms with van der Waals surface area (Å²) >= 11 is 1.57. The summed E-state index contributed by atoms with van der Waals surface area (Å²) in [7, 11) is 2.10. The van der Waals surface area contributed by atoms with Crippen LogP contribution in [0, 0.1) is 12.3 Å².